The Morgan fingerprint density at radius 1 is 1.30 bits per heavy atom. The minimum Gasteiger partial charge on any atom is -0.506 e. The van der Waals surface area contributed by atoms with E-state index in [-0.39, 0.29) is 6.04 Å². The van der Waals surface area contributed by atoms with Gasteiger partial charge in [-0.25, -0.2) is 0 Å². The van der Waals surface area contributed by atoms with Crippen LogP contribution in [0.5, 0.6) is 11.5 Å². The number of phenols is 1. The van der Waals surface area contributed by atoms with Crippen molar-refractivity contribution in [3.8, 4) is 11.5 Å². The van der Waals surface area contributed by atoms with Gasteiger partial charge in [0.05, 0.1) is 11.6 Å². The zero-order valence-corrected chi connectivity index (χ0v) is 15.1. The monoisotopic (exact) mass is 384 g/mol. The third-order valence-corrected chi connectivity index (χ3v) is 5.48. The lowest BCUT2D eigenvalue weighted by atomic mass is 9.85. The molecule has 2 saturated heterocycles. The topological polar surface area (TPSA) is 54.0 Å². The summed E-state index contributed by atoms with van der Waals surface area (Å²) in [5.41, 5.74) is 0.963. The number of hydrogen-bond acceptors (Lipinski definition) is 5. The molecule has 2 aliphatic heterocycles. The van der Waals surface area contributed by atoms with Crippen molar-refractivity contribution in [3.63, 3.8) is 0 Å². The molecule has 2 aliphatic rings. The first-order valence-electron chi connectivity index (χ1n) is 8.29. The number of phenolic OH excluding ortho intramolecular Hbond substituents is 1. The van der Waals surface area contributed by atoms with Crippen LogP contribution in [0.15, 0.2) is 16.6 Å². The maximum Gasteiger partial charge on any atom is 0.134 e. The Hall–Kier alpha value is -0.820. The van der Waals surface area contributed by atoms with Crippen molar-refractivity contribution in [2.75, 3.05) is 46.5 Å². The van der Waals surface area contributed by atoms with Crippen molar-refractivity contribution in [3.05, 3.63) is 22.2 Å². The molecule has 0 saturated carbocycles. The van der Waals surface area contributed by atoms with E-state index in [0.29, 0.717) is 16.1 Å². The van der Waals surface area contributed by atoms with E-state index in [0.717, 1.165) is 63.5 Å². The second-order valence-corrected chi connectivity index (χ2v) is 7.08. The van der Waals surface area contributed by atoms with Gasteiger partial charge < -0.3 is 19.9 Å². The minimum atomic E-state index is 0.201. The molecule has 0 unspecified atom stereocenters. The summed E-state index contributed by atoms with van der Waals surface area (Å²) in [5, 5.41) is 14.1. The molecule has 0 aliphatic carbocycles. The van der Waals surface area contributed by atoms with Gasteiger partial charge in [0, 0.05) is 51.0 Å². The number of nitrogens with zero attached hydrogens (tertiary/aromatic N) is 1. The zero-order valence-electron chi connectivity index (χ0n) is 13.6. The molecule has 2 fully saturated rings. The normalized spacial score (nSPS) is 22.0. The van der Waals surface area contributed by atoms with Crippen molar-refractivity contribution < 1.29 is 14.6 Å². The van der Waals surface area contributed by atoms with Crippen molar-refractivity contribution >= 4 is 15.9 Å². The first-order chi connectivity index (χ1) is 11.2. The Bertz CT molecular complexity index is 511. The molecule has 0 spiro atoms. The van der Waals surface area contributed by atoms with E-state index < -0.39 is 0 Å². The quantitative estimate of drug-likeness (QED) is 0.835. The van der Waals surface area contributed by atoms with Gasteiger partial charge in [-0.2, -0.15) is 0 Å². The molecule has 5 nitrogen and oxygen atoms in total. The number of ether oxygens (including phenoxy) is 2. The van der Waals surface area contributed by atoms with Crippen LogP contribution in [0.25, 0.3) is 0 Å². The fourth-order valence-electron chi connectivity index (χ4n) is 3.68. The van der Waals surface area contributed by atoms with Gasteiger partial charge >= 0.3 is 0 Å². The van der Waals surface area contributed by atoms with Gasteiger partial charge in [-0.15, -0.1) is 0 Å². The average Bonchev–Trinajstić information content (AvgIpc) is 2.60. The summed E-state index contributed by atoms with van der Waals surface area (Å²) >= 11 is 3.47. The number of piperazine rings is 1. The van der Waals surface area contributed by atoms with Gasteiger partial charge in [-0.1, -0.05) is 0 Å². The first kappa shape index (κ1) is 17.0. The van der Waals surface area contributed by atoms with Crippen molar-refractivity contribution in [1.29, 1.82) is 0 Å². The Kier molecular flexibility index (Phi) is 5.80. The predicted octanol–water partition coefficient (Wildman–Crippen LogP) is 2.54. The van der Waals surface area contributed by atoms with Gasteiger partial charge in [-0.05, 0) is 46.8 Å². The van der Waals surface area contributed by atoms with Crippen LogP contribution in [0.2, 0.25) is 0 Å². The van der Waals surface area contributed by atoms with E-state index in [1.54, 1.807) is 7.11 Å². The number of halogens is 1. The summed E-state index contributed by atoms with van der Waals surface area (Å²) in [6.45, 7) is 5.59. The molecule has 2 N–H and O–H groups in total. The van der Waals surface area contributed by atoms with Crippen molar-refractivity contribution in [1.82, 2.24) is 10.2 Å². The molecule has 1 aromatic carbocycles. The van der Waals surface area contributed by atoms with Crippen LogP contribution in [0.4, 0.5) is 0 Å². The Labute approximate surface area is 146 Å². The molecule has 1 aromatic rings. The van der Waals surface area contributed by atoms with Crippen molar-refractivity contribution in [2.24, 2.45) is 5.92 Å². The smallest absolute Gasteiger partial charge is 0.134 e. The first-order valence-corrected chi connectivity index (χ1v) is 9.09. The van der Waals surface area contributed by atoms with Crippen LogP contribution in [0, 0.1) is 5.92 Å². The van der Waals surface area contributed by atoms with Crippen LogP contribution in [0.1, 0.15) is 24.4 Å². The summed E-state index contributed by atoms with van der Waals surface area (Å²) in [4.78, 5) is 2.49. The van der Waals surface area contributed by atoms with Gasteiger partial charge in [-0.3, -0.25) is 4.90 Å². The number of aromatic hydroxyl groups is 1. The predicted molar refractivity (Wildman–Crippen MR) is 93.1 cm³/mol. The van der Waals surface area contributed by atoms with E-state index in [1.807, 2.05) is 12.1 Å². The molecule has 2 heterocycles. The van der Waals surface area contributed by atoms with Gasteiger partial charge in [0.2, 0.25) is 0 Å². The zero-order chi connectivity index (χ0) is 16.2. The van der Waals surface area contributed by atoms with Crippen LogP contribution in [-0.2, 0) is 4.74 Å². The van der Waals surface area contributed by atoms with E-state index in [1.165, 1.54) is 0 Å². The average molecular weight is 385 g/mol. The second kappa shape index (κ2) is 7.83. The third kappa shape index (κ3) is 3.82. The Morgan fingerprint density at radius 2 is 2.00 bits per heavy atom. The van der Waals surface area contributed by atoms with Crippen LogP contribution < -0.4 is 10.1 Å². The molecule has 23 heavy (non-hydrogen) atoms. The molecule has 6 heteroatoms. The number of hydrogen-bond donors (Lipinski definition) is 2. The van der Waals surface area contributed by atoms with Crippen LogP contribution in [-0.4, -0.2) is 56.5 Å². The second-order valence-electron chi connectivity index (χ2n) is 6.23. The highest BCUT2D eigenvalue weighted by Gasteiger charge is 2.33. The molecule has 1 atom stereocenters. The number of benzene rings is 1. The highest BCUT2D eigenvalue weighted by molar-refractivity contribution is 9.10. The van der Waals surface area contributed by atoms with E-state index in [2.05, 4.69) is 26.1 Å². The van der Waals surface area contributed by atoms with Crippen LogP contribution >= 0.6 is 15.9 Å². The molecule has 0 bridgehead atoms. The highest BCUT2D eigenvalue weighted by Crippen LogP contribution is 2.43. The molecular weight excluding hydrogens is 360 g/mol. The van der Waals surface area contributed by atoms with E-state index in [9.17, 15) is 5.11 Å². The summed E-state index contributed by atoms with van der Waals surface area (Å²) in [6.07, 6.45) is 2.06. The molecule has 0 aromatic heterocycles. The molecule has 3 rings (SSSR count). The fraction of sp³-hybridized carbons (Fsp3) is 0.647. The Morgan fingerprint density at radius 3 is 2.65 bits per heavy atom. The van der Waals surface area contributed by atoms with Gasteiger partial charge in [0.15, 0.2) is 0 Å². The summed E-state index contributed by atoms with van der Waals surface area (Å²) in [5.74, 6) is 1.60. The maximum absolute atomic E-state index is 10.7. The SMILES string of the molecule is COc1cc(Br)c(O)c([C@H](C2CCOCC2)N2CCNCC2)c1. The standard InChI is InChI=1S/C17H25BrN2O3/c1-22-13-10-14(17(21)15(18)11-13)16(12-2-8-23-9-3-12)20-6-4-19-5-7-20/h10-12,16,19,21H,2-9H2,1H3/t16-/m0/s1. The van der Waals surface area contributed by atoms with E-state index in [4.69, 9.17) is 9.47 Å². The lowest BCUT2D eigenvalue weighted by Gasteiger charge is -2.41. The number of rotatable bonds is 4. The minimum absolute atomic E-state index is 0.201. The van der Waals surface area contributed by atoms with Gasteiger partial charge in [0.1, 0.15) is 11.5 Å². The highest BCUT2D eigenvalue weighted by atomic mass is 79.9. The molecule has 0 amide bonds. The molecular formula is C17H25BrN2O3. The number of methoxy groups -OCH3 is 1. The number of nitrogens with one attached hydrogen (secondary N) is 1. The summed E-state index contributed by atoms with van der Waals surface area (Å²) in [6, 6.07) is 4.01. The Balaban J connectivity index is 1.98. The lowest BCUT2D eigenvalue weighted by Crippen LogP contribution is -2.47. The maximum atomic E-state index is 10.7. The van der Waals surface area contributed by atoms with E-state index >= 15 is 0 Å². The summed E-state index contributed by atoms with van der Waals surface area (Å²) < 4.78 is 11.7. The molecule has 0 radical (unpaired) electrons. The third-order valence-electron chi connectivity index (χ3n) is 4.88. The summed E-state index contributed by atoms with van der Waals surface area (Å²) in [7, 11) is 1.66. The largest absolute Gasteiger partial charge is 0.506 e. The van der Waals surface area contributed by atoms with Crippen LogP contribution in [0.3, 0.4) is 0 Å². The lowest BCUT2D eigenvalue weighted by molar-refractivity contribution is 0.0205. The van der Waals surface area contributed by atoms with Crippen molar-refractivity contribution in [2.45, 2.75) is 18.9 Å². The van der Waals surface area contributed by atoms with Gasteiger partial charge in [0.25, 0.3) is 0 Å². The molecule has 128 valence electrons. The fourth-order valence-corrected chi connectivity index (χ4v) is 4.13.